The quantitative estimate of drug-likeness (QED) is 0.232. The van der Waals surface area contributed by atoms with E-state index in [9.17, 15) is 4.79 Å². The highest BCUT2D eigenvalue weighted by Gasteiger charge is 2.70. The number of hydrogen-bond donors (Lipinski definition) is 0. The maximum atomic E-state index is 13.4. The average Bonchev–Trinajstić information content (AvgIpc) is 3.12. The van der Waals surface area contributed by atoms with Gasteiger partial charge in [0.05, 0.1) is 12.0 Å². The summed E-state index contributed by atoms with van der Waals surface area (Å²) in [6, 6.07) is 1.21. The molecular weight excluding hydrogens is 360 g/mol. The molecule has 28 heavy (non-hydrogen) atoms. The van der Waals surface area contributed by atoms with Crippen molar-refractivity contribution in [1.29, 1.82) is 0 Å². The zero-order chi connectivity index (χ0) is 22.4. The average molecular weight is 411 g/mol. The van der Waals surface area contributed by atoms with Crippen molar-refractivity contribution < 1.29 is 9.53 Å². The van der Waals surface area contributed by atoms with Gasteiger partial charge in [0.25, 0.3) is 0 Å². The van der Waals surface area contributed by atoms with Gasteiger partial charge in [0, 0.05) is 8.07 Å². The summed E-state index contributed by atoms with van der Waals surface area (Å²) in [6.07, 6.45) is 3.28. The van der Waals surface area contributed by atoms with E-state index in [1.165, 1.54) is 12.5 Å². The lowest BCUT2D eigenvalue weighted by Gasteiger charge is -2.45. The molecule has 0 radical (unpaired) electrons. The van der Waals surface area contributed by atoms with Gasteiger partial charge in [0.2, 0.25) is 0 Å². The number of hydrogen-bond acceptors (Lipinski definition) is 2. The van der Waals surface area contributed by atoms with Crippen LogP contribution >= 0.6 is 0 Å². The zero-order valence-electron chi connectivity index (χ0n) is 21.4. The molecule has 1 rings (SSSR count). The highest BCUT2D eigenvalue weighted by atomic mass is 28.3. The Bertz CT molecular complexity index is 559. The van der Waals surface area contributed by atoms with E-state index in [-0.39, 0.29) is 27.6 Å². The Morgan fingerprint density at radius 1 is 1.00 bits per heavy atom. The topological polar surface area (TPSA) is 26.3 Å². The highest BCUT2D eigenvalue weighted by molar-refractivity contribution is 6.76. The van der Waals surface area contributed by atoms with Crippen LogP contribution in [0.5, 0.6) is 0 Å². The summed E-state index contributed by atoms with van der Waals surface area (Å²) < 4.78 is 5.92. The molecule has 0 bridgehead atoms. The fourth-order valence-corrected chi connectivity index (χ4v) is 6.58. The monoisotopic (exact) mass is 410 g/mol. The molecule has 1 aliphatic carbocycles. The van der Waals surface area contributed by atoms with Crippen molar-refractivity contribution in [1.82, 2.24) is 0 Å². The molecule has 0 aromatic rings. The zero-order valence-corrected chi connectivity index (χ0v) is 22.4. The molecule has 0 saturated heterocycles. The Balaban J connectivity index is 2.99. The first-order valence-electron chi connectivity index (χ1n) is 11.3. The van der Waals surface area contributed by atoms with E-state index in [2.05, 4.69) is 88.9 Å². The number of esters is 1. The maximum absolute atomic E-state index is 13.4. The van der Waals surface area contributed by atoms with Crippen molar-refractivity contribution >= 4 is 14.0 Å². The van der Waals surface area contributed by atoms with E-state index >= 15 is 0 Å². The van der Waals surface area contributed by atoms with Crippen LogP contribution in [0.15, 0.2) is 0 Å². The molecule has 0 spiro atoms. The van der Waals surface area contributed by atoms with Crippen LogP contribution in [-0.4, -0.2) is 20.7 Å². The molecule has 3 atom stereocenters. The first kappa shape index (κ1) is 25.7. The minimum Gasteiger partial charge on any atom is -0.465 e. The molecule has 2 nitrogen and oxygen atoms in total. The molecule has 0 aromatic carbocycles. The number of ether oxygens (including phenoxy) is 1. The normalized spacial score (nSPS) is 26.0. The second kappa shape index (κ2) is 7.74. The molecule has 1 saturated carbocycles. The van der Waals surface area contributed by atoms with Gasteiger partial charge in [-0.25, -0.2) is 0 Å². The third-order valence-electron chi connectivity index (χ3n) is 7.74. The van der Waals surface area contributed by atoms with Crippen molar-refractivity contribution in [2.45, 2.75) is 114 Å². The van der Waals surface area contributed by atoms with Crippen LogP contribution in [0.3, 0.4) is 0 Å². The number of carbonyl (C=O) groups is 1. The van der Waals surface area contributed by atoms with E-state index < -0.39 is 13.5 Å². The van der Waals surface area contributed by atoms with E-state index in [0.29, 0.717) is 12.5 Å². The lowest BCUT2D eigenvalue weighted by Crippen LogP contribution is -2.46. The van der Waals surface area contributed by atoms with Gasteiger partial charge in [-0.2, -0.15) is 0 Å². The molecule has 0 N–H and O–H groups in total. The van der Waals surface area contributed by atoms with Crippen LogP contribution in [-0.2, 0) is 9.53 Å². The summed E-state index contributed by atoms with van der Waals surface area (Å²) in [5.41, 5.74) is 0.0918. The summed E-state index contributed by atoms with van der Waals surface area (Å²) in [4.78, 5) is 13.4. The van der Waals surface area contributed by atoms with Crippen molar-refractivity contribution in [3.63, 3.8) is 0 Å². The van der Waals surface area contributed by atoms with Gasteiger partial charge in [-0.1, -0.05) is 88.0 Å². The van der Waals surface area contributed by atoms with Crippen molar-refractivity contribution in [3.8, 4) is 0 Å². The minimum absolute atomic E-state index is 0.0239. The predicted molar refractivity (Wildman–Crippen MR) is 125 cm³/mol. The first-order chi connectivity index (χ1) is 12.2. The Kier molecular flexibility index (Phi) is 7.11. The Labute approximate surface area is 177 Å². The van der Waals surface area contributed by atoms with E-state index in [1.807, 2.05) is 0 Å². The van der Waals surface area contributed by atoms with Gasteiger partial charge in [-0.15, -0.1) is 0 Å². The van der Waals surface area contributed by atoms with Crippen molar-refractivity contribution in [3.05, 3.63) is 0 Å². The summed E-state index contributed by atoms with van der Waals surface area (Å²) >= 11 is 0. The Morgan fingerprint density at radius 3 is 1.89 bits per heavy atom. The minimum atomic E-state index is -1.08. The van der Waals surface area contributed by atoms with E-state index in [4.69, 9.17) is 4.74 Å². The summed E-state index contributed by atoms with van der Waals surface area (Å²) in [6.45, 7) is 30.7. The van der Waals surface area contributed by atoms with E-state index in [0.717, 1.165) is 12.8 Å². The second-order valence-electron chi connectivity index (χ2n) is 14.0. The highest BCUT2D eigenvalue weighted by Crippen LogP contribution is 2.73. The van der Waals surface area contributed by atoms with Crippen LogP contribution in [0.4, 0.5) is 0 Å². The fourth-order valence-electron chi connectivity index (χ4n) is 5.37. The van der Waals surface area contributed by atoms with Gasteiger partial charge in [0.1, 0.15) is 0 Å². The van der Waals surface area contributed by atoms with Gasteiger partial charge >= 0.3 is 5.97 Å². The largest absolute Gasteiger partial charge is 0.465 e. The SMILES string of the molecule is CC(C)(C)CC(C)(C)C1(C)CC1C(C)(C(=O)OCCC[Si](C)(C)C)C(C)(C)C. The molecule has 0 heterocycles. The van der Waals surface area contributed by atoms with Crippen LogP contribution in [0, 0.1) is 33.0 Å². The molecule has 3 heteroatoms. The second-order valence-corrected chi connectivity index (χ2v) is 19.7. The molecule has 166 valence electrons. The standard InChI is InChI=1S/C25H50O2Si/c1-21(2,3)18-23(7,8)24(9)17-19(24)25(10,22(4,5)6)20(26)27-15-14-16-28(11,12)13/h19H,14-18H2,1-13H3. The molecule has 3 unspecified atom stereocenters. The molecule has 0 amide bonds. The van der Waals surface area contributed by atoms with Gasteiger partial charge in [-0.05, 0) is 53.8 Å². The maximum Gasteiger partial charge on any atom is 0.312 e. The lowest BCUT2D eigenvalue weighted by atomic mass is 9.59. The predicted octanol–water partition coefficient (Wildman–Crippen LogP) is 7.80. The number of carbonyl (C=O) groups excluding carboxylic acids is 1. The molecule has 0 aliphatic heterocycles. The fraction of sp³-hybridized carbons (Fsp3) is 0.960. The number of rotatable bonds is 8. The van der Waals surface area contributed by atoms with Gasteiger partial charge in [-0.3, -0.25) is 4.79 Å². The van der Waals surface area contributed by atoms with Crippen molar-refractivity contribution in [2.24, 2.45) is 33.0 Å². The van der Waals surface area contributed by atoms with Gasteiger partial charge in [0.15, 0.2) is 0 Å². The smallest absolute Gasteiger partial charge is 0.312 e. The Morgan fingerprint density at radius 2 is 1.50 bits per heavy atom. The van der Waals surface area contributed by atoms with E-state index in [1.54, 1.807) is 0 Å². The Hall–Kier alpha value is -0.313. The lowest BCUT2D eigenvalue weighted by molar-refractivity contribution is -0.166. The summed E-state index contributed by atoms with van der Waals surface area (Å²) in [5.74, 6) is 0.401. The summed E-state index contributed by atoms with van der Waals surface area (Å²) in [7, 11) is -1.08. The molecule has 1 aliphatic rings. The van der Waals surface area contributed by atoms with Crippen LogP contribution in [0.2, 0.25) is 25.7 Å². The molecule has 0 aromatic heterocycles. The van der Waals surface area contributed by atoms with Crippen LogP contribution < -0.4 is 0 Å². The van der Waals surface area contributed by atoms with Gasteiger partial charge < -0.3 is 4.74 Å². The van der Waals surface area contributed by atoms with Crippen LogP contribution in [0.25, 0.3) is 0 Å². The third-order valence-corrected chi connectivity index (χ3v) is 9.59. The third kappa shape index (κ3) is 5.64. The molecule has 1 fully saturated rings. The van der Waals surface area contributed by atoms with Crippen molar-refractivity contribution in [2.75, 3.05) is 6.61 Å². The summed E-state index contributed by atoms with van der Waals surface area (Å²) in [5, 5.41) is 0. The van der Waals surface area contributed by atoms with Crippen LogP contribution in [0.1, 0.15) is 88.5 Å². The first-order valence-corrected chi connectivity index (χ1v) is 15.1. The molecular formula is C25H50O2Si.